The molecule has 94 valence electrons. The van der Waals surface area contributed by atoms with Crippen molar-refractivity contribution in [1.82, 2.24) is 20.9 Å². The number of nitrogens with zero attached hydrogens (tertiary/aromatic N) is 1. The van der Waals surface area contributed by atoms with E-state index in [0.717, 1.165) is 32.7 Å². The van der Waals surface area contributed by atoms with Crippen LogP contribution in [0.1, 0.15) is 20.8 Å². The molecule has 0 radical (unpaired) electrons. The van der Waals surface area contributed by atoms with Crippen LogP contribution in [0.4, 0.5) is 4.79 Å². The maximum atomic E-state index is 11.4. The van der Waals surface area contributed by atoms with E-state index in [9.17, 15) is 4.79 Å². The fourth-order valence-electron chi connectivity index (χ4n) is 1.65. The first-order valence-corrected chi connectivity index (χ1v) is 5.96. The summed E-state index contributed by atoms with van der Waals surface area (Å²) in [6.45, 7) is 11.8. The van der Waals surface area contributed by atoms with Crippen molar-refractivity contribution in [1.29, 1.82) is 0 Å². The molecular formula is C11H24N4O. The van der Waals surface area contributed by atoms with Gasteiger partial charge in [0.05, 0.1) is 0 Å². The summed E-state index contributed by atoms with van der Waals surface area (Å²) in [6.07, 6.45) is 0. The molecule has 0 aliphatic carbocycles. The minimum absolute atomic E-state index is 0.0809. The Bertz CT molecular complexity index is 219. The van der Waals surface area contributed by atoms with Crippen molar-refractivity contribution in [2.75, 3.05) is 39.3 Å². The van der Waals surface area contributed by atoms with Gasteiger partial charge in [-0.2, -0.15) is 0 Å². The minimum atomic E-state index is -0.168. The Hall–Kier alpha value is -0.810. The quantitative estimate of drug-likeness (QED) is 0.637. The predicted octanol–water partition coefficient (Wildman–Crippen LogP) is -0.0107. The summed E-state index contributed by atoms with van der Waals surface area (Å²) in [7, 11) is 0. The van der Waals surface area contributed by atoms with Crippen molar-refractivity contribution in [3.8, 4) is 0 Å². The van der Waals surface area contributed by atoms with Crippen molar-refractivity contribution >= 4 is 6.03 Å². The fraction of sp³-hybridized carbons (Fsp3) is 0.909. The minimum Gasteiger partial charge on any atom is -0.337 e. The van der Waals surface area contributed by atoms with Gasteiger partial charge in [0.2, 0.25) is 0 Å². The number of piperazine rings is 1. The Balaban J connectivity index is 2.08. The second-order valence-corrected chi connectivity index (χ2v) is 5.22. The third kappa shape index (κ3) is 5.92. The zero-order valence-electron chi connectivity index (χ0n) is 10.6. The van der Waals surface area contributed by atoms with Gasteiger partial charge in [0, 0.05) is 44.8 Å². The Morgan fingerprint density at radius 2 is 1.94 bits per heavy atom. The van der Waals surface area contributed by atoms with E-state index in [1.54, 1.807) is 0 Å². The molecule has 0 aromatic heterocycles. The smallest absolute Gasteiger partial charge is 0.315 e. The summed E-state index contributed by atoms with van der Waals surface area (Å²) in [6, 6.07) is -0.0809. The summed E-state index contributed by atoms with van der Waals surface area (Å²) in [5.74, 6) is 0. The highest BCUT2D eigenvalue weighted by Gasteiger charge is 2.13. The highest BCUT2D eigenvalue weighted by Crippen LogP contribution is 1.97. The summed E-state index contributed by atoms with van der Waals surface area (Å²) < 4.78 is 0. The van der Waals surface area contributed by atoms with E-state index < -0.39 is 0 Å². The summed E-state index contributed by atoms with van der Waals surface area (Å²) in [5.41, 5.74) is -0.168. The van der Waals surface area contributed by atoms with Crippen LogP contribution in [0, 0.1) is 0 Å². The lowest BCUT2D eigenvalue weighted by atomic mass is 10.1. The van der Waals surface area contributed by atoms with E-state index in [1.165, 1.54) is 0 Å². The van der Waals surface area contributed by atoms with Crippen LogP contribution in [0.15, 0.2) is 0 Å². The number of carbonyl (C=O) groups excluding carboxylic acids is 1. The average Bonchev–Trinajstić information content (AvgIpc) is 2.16. The van der Waals surface area contributed by atoms with Crippen molar-refractivity contribution in [3.05, 3.63) is 0 Å². The van der Waals surface area contributed by atoms with Gasteiger partial charge < -0.3 is 16.0 Å². The monoisotopic (exact) mass is 228 g/mol. The zero-order valence-corrected chi connectivity index (χ0v) is 10.6. The van der Waals surface area contributed by atoms with Gasteiger partial charge in [-0.3, -0.25) is 4.90 Å². The van der Waals surface area contributed by atoms with E-state index in [4.69, 9.17) is 0 Å². The third-order valence-corrected chi connectivity index (χ3v) is 2.41. The zero-order chi connectivity index (χ0) is 12.0. The van der Waals surface area contributed by atoms with Crippen LogP contribution in [-0.2, 0) is 0 Å². The van der Waals surface area contributed by atoms with Crippen LogP contribution in [-0.4, -0.2) is 55.7 Å². The molecule has 1 fully saturated rings. The molecule has 1 rings (SSSR count). The molecule has 0 saturated carbocycles. The SMILES string of the molecule is CC(C)(C)NC(=O)NCCN1CCNCC1. The number of carbonyl (C=O) groups is 1. The molecule has 2 amide bonds. The first-order chi connectivity index (χ1) is 7.47. The van der Waals surface area contributed by atoms with Crippen molar-refractivity contribution in [2.24, 2.45) is 0 Å². The number of hydrogen-bond acceptors (Lipinski definition) is 3. The van der Waals surface area contributed by atoms with E-state index in [1.807, 2.05) is 20.8 Å². The van der Waals surface area contributed by atoms with E-state index in [2.05, 4.69) is 20.9 Å². The summed E-state index contributed by atoms with van der Waals surface area (Å²) in [4.78, 5) is 13.8. The largest absolute Gasteiger partial charge is 0.337 e. The topological polar surface area (TPSA) is 56.4 Å². The van der Waals surface area contributed by atoms with Crippen LogP contribution >= 0.6 is 0 Å². The van der Waals surface area contributed by atoms with Gasteiger partial charge in [0.15, 0.2) is 0 Å². The average molecular weight is 228 g/mol. The molecule has 5 nitrogen and oxygen atoms in total. The molecule has 0 aromatic rings. The van der Waals surface area contributed by atoms with Gasteiger partial charge >= 0.3 is 6.03 Å². The normalized spacial score (nSPS) is 18.2. The van der Waals surface area contributed by atoms with Gasteiger partial charge in [-0.05, 0) is 20.8 Å². The summed E-state index contributed by atoms with van der Waals surface area (Å²) >= 11 is 0. The predicted molar refractivity (Wildman–Crippen MR) is 65.6 cm³/mol. The molecule has 1 aliphatic rings. The van der Waals surface area contributed by atoms with E-state index in [0.29, 0.717) is 6.54 Å². The van der Waals surface area contributed by atoms with Gasteiger partial charge in [0.25, 0.3) is 0 Å². The van der Waals surface area contributed by atoms with Gasteiger partial charge in [-0.1, -0.05) is 0 Å². The third-order valence-electron chi connectivity index (χ3n) is 2.41. The van der Waals surface area contributed by atoms with Crippen LogP contribution in [0.2, 0.25) is 0 Å². The standard InChI is InChI=1S/C11H24N4O/c1-11(2,3)14-10(16)13-6-9-15-7-4-12-5-8-15/h12H,4-9H2,1-3H3,(H2,13,14,16). The Kier molecular flexibility index (Phi) is 5.02. The van der Waals surface area contributed by atoms with E-state index >= 15 is 0 Å². The van der Waals surface area contributed by atoms with Crippen molar-refractivity contribution in [2.45, 2.75) is 26.3 Å². The van der Waals surface area contributed by atoms with Crippen molar-refractivity contribution in [3.63, 3.8) is 0 Å². The Morgan fingerprint density at radius 1 is 1.31 bits per heavy atom. The number of hydrogen-bond donors (Lipinski definition) is 3. The Morgan fingerprint density at radius 3 is 2.50 bits per heavy atom. The molecule has 0 aromatic carbocycles. The van der Waals surface area contributed by atoms with Crippen LogP contribution < -0.4 is 16.0 Å². The molecular weight excluding hydrogens is 204 g/mol. The lowest BCUT2D eigenvalue weighted by molar-refractivity contribution is 0.221. The second-order valence-electron chi connectivity index (χ2n) is 5.22. The first-order valence-electron chi connectivity index (χ1n) is 5.96. The molecule has 1 aliphatic heterocycles. The highest BCUT2D eigenvalue weighted by atomic mass is 16.2. The fourth-order valence-corrected chi connectivity index (χ4v) is 1.65. The number of amides is 2. The van der Waals surface area contributed by atoms with Gasteiger partial charge in [-0.25, -0.2) is 4.79 Å². The lowest BCUT2D eigenvalue weighted by Crippen LogP contribution is -2.50. The van der Waals surface area contributed by atoms with Crippen LogP contribution in [0.5, 0.6) is 0 Å². The molecule has 3 N–H and O–H groups in total. The first kappa shape index (κ1) is 13.3. The molecule has 0 unspecified atom stereocenters. The number of urea groups is 1. The van der Waals surface area contributed by atoms with Crippen molar-refractivity contribution < 1.29 is 4.79 Å². The molecule has 1 saturated heterocycles. The molecule has 1 heterocycles. The molecule has 0 bridgehead atoms. The van der Waals surface area contributed by atoms with E-state index in [-0.39, 0.29) is 11.6 Å². The highest BCUT2D eigenvalue weighted by molar-refractivity contribution is 5.74. The number of rotatable bonds is 3. The number of nitrogens with one attached hydrogen (secondary N) is 3. The maximum absolute atomic E-state index is 11.4. The molecule has 16 heavy (non-hydrogen) atoms. The second kappa shape index (κ2) is 6.06. The van der Waals surface area contributed by atoms with Crippen LogP contribution in [0.3, 0.4) is 0 Å². The Labute approximate surface area is 98.0 Å². The van der Waals surface area contributed by atoms with Crippen LogP contribution in [0.25, 0.3) is 0 Å². The molecule has 0 atom stereocenters. The lowest BCUT2D eigenvalue weighted by Gasteiger charge is -2.27. The summed E-state index contributed by atoms with van der Waals surface area (Å²) in [5, 5.41) is 9.05. The van der Waals surface area contributed by atoms with Gasteiger partial charge in [0.1, 0.15) is 0 Å². The van der Waals surface area contributed by atoms with Gasteiger partial charge in [-0.15, -0.1) is 0 Å². The maximum Gasteiger partial charge on any atom is 0.315 e. The molecule has 0 spiro atoms. The molecule has 5 heteroatoms.